The highest BCUT2D eigenvalue weighted by Crippen LogP contribution is 2.26. The predicted molar refractivity (Wildman–Crippen MR) is 191 cm³/mol. The summed E-state index contributed by atoms with van der Waals surface area (Å²) in [5.74, 6) is -2.54. The van der Waals surface area contributed by atoms with Gasteiger partial charge in [0.2, 0.25) is 6.10 Å². The van der Waals surface area contributed by atoms with Gasteiger partial charge < -0.3 is 25.0 Å². The number of esters is 1. The van der Waals surface area contributed by atoms with E-state index in [9.17, 15) is 24.3 Å². The molecule has 0 saturated heterocycles. The molecule has 51 heavy (non-hydrogen) atoms. The SMILES string of the molecule is Cc1cc(NC(=O)C(OC(=O)C(NC(=O)c2ccccc2)c2ccccc2)c2ccccc2)no1.O=C(O)C(c1ccccc1)c1ccccc1. The summed E-state index contributed by atoms with van der Waals surface area (Å²) in [4.78, 5) is 50.7. The number of aliphatic carboxylic acids is 1. The molecule has 0 radical (unpaired) electrons. The maximum Gasteiger partial charge on any atom is 0.334 e. The van der Waals surface area contributed by atoms with E-state index in [-0.39, 0.29) is 5.82 Å². The first-order valence-electron chi connectivity index (χ1n) is 16.0. The molecule has 1 aromatic heterocycles. The van der Waals surface area contributed by atoms with Crippen molar-refractivity contribution in [2.75, 3.05) is 5.32 Å². The maximum atomic E-state index is 13.4. The van der Waals surface area contributed by atoms with Crippen molar-refractivity contribution in [1.29, 1.82) is 0 Å². The van der Waals surface area contributed by atoms with Crippen LogP contribution in [0.4, 0.5) is 5.82 Å². The molecule has 0 spiro atoms. The summed E-state index contributed by atoms with van der Waals surface area (Å²) in [5.41, 5.74) is 2.98. The number of carboxylic acids is 1. The molecular weight excluding hydrogens is 646 g/mol. The van der Waals surface area contributed by atoms with Crippen molar-refractivity contribution in [2.24, 2.45) is 0 Å². The quantitative estimate of drug-likeness (QED) is 0.121. The van der Waals surface area contributed by atoms with Crippen molar-refractivity contribution in [3.05, 3.63) is 191 Å². The lowest BCUT2D eigenvalue weighted by atomic mass is 9.92. The van der Waals surface area contributed by atoms with Gasteiger partial charge in [-0.2, -0.15) is 0 Å². The Bertz CT molecular complexity index is 1980. The molecule has 6 rings (SSSR count). The van der Waals surface area contributed by atoms with E-state index in [4.69, 9.17) is 9.26 Å². The summed E-state index contributed by atoms with van der Waals surface area (Å²) < 4.78 is 10.7. The standard InChI is InChI=1S/C27H23N3O5.C14H12O2/c1-18-17-22(30-35-18)28-26(32)24(20-13-7-3-8-14-20)34-27(33)23(19-11-5-2-6-12-19)29-25(31)21-15-9-4-10-16-21;15-14(16)13(11-7-3-1-4-8-11)12-9-5-2-6-10-12/h2-17,23-24H,1H3,(H,29,31)(H,28,30,32);1-10,13H,(H,15,16). The molecule has 0 saturated carbocycles. The van der Waals surface area contributed by atoms with Crippen LogP contribution in [0.5, 0.6) is 0 Å². The Kier molecular flexibility index (Phi) is 12.2. The molecule has 256 valence electrons. The Balaban J connectivity index is 0.000000262. The lowest BCUT2D eigenvalue weighted by Crippen LogP contribution is -2.37. The Labute approximate surface area is 294 Å². The highest BCUT2D eigenvalue weighted by atomic mass is 16.5. The van der Waals surface area contributed by atoms with Gasteiger partial charge in [-0.1, -0.05) is 145 Å². The molecule has 5 aromatic carbocycles. The number of carbonyl (C=O) groups excluding carboxylic acids is 3. The first kappa shape index (κ1) is 35.5. The van der Waals surface area contributed by atoms with Gasteiger partial charge in [-0.15, -0.1) is 0 Å². The number of aromatic nitrogens is 1. The molecule has 10 heteroatoms. The summed E-state index contributed by atoms with van der Waals surface area (Å²) in [6.07, 6.45) is -1.29. The summed E-state index contributed by atoms with van der Waals surface area (Å²) >= 11 is 0. The molecule has 0 aliphatic carbocycles. The fraction of sp³-hybridized carbons (Fsp3) is 0.0976. The topological polar surface area (TPSA) is 148 Å². The molecule has 6 aromatic rings. The third kappa shape index (κ3) is 9.86. The van der Waals surface area contributed by atoms with Gasteiger partial charge in [0.1, 0.15) is 11.7 Å². The number of anilines is 1. The lowest BCUT2D eigenvalue weighted by Gasteiger charge is -2.22. The summed E-state index contributed by atoms with van der Waals surface area (Å²) in [5, 5.41) is 18.4. The van der Waals surface area contributed by atoms with Crippen LogP contribution in [0.3, 0.4) is 0 Å². The van der Waals surface area contributed by atoms with Crippen LogP contribution in [0.1, 0.15) is 56.4 Å². The third-order valence-electron chi connectivity index (χ3n) is 7.65. The van der Waals surface area contributed by atoms with Gasteiger partial charge in [0.05, 0.1) is 0 Å². The van der Waals surface area contributed by atoms with E-state index in [1.165, 1.54) is 0 Å². The Morgan fingerprint density at radius 2 is 1.10 bits per heavy atom. The van der Waals surface area contributed by atoms with Crippen LogP contribution in [0.15, 0.2) is 162 Å². The van der Waals surface area contributed by atoms with Crippen LogP contribution in [-0.2, 0) is 19.1 Å². The number of hydrogen-bond donors (Lipinski definition) is 3. The van der Waals surface area contributed by atoms with Gasteiger partial charge in [0, 0.05) is 17.2 Å². The second kappa shape index (κ2) is 17.5. The van der Waals surface area contributed by atoms with Gasteiger partial charge in [0.15, 0.2) is 11.9 Å². The molecule has 3 N–H and O–H groups in total. The number of benzene rings is 5. The van der Waals surface area contributed by atoms with E-state index in [0.29, 0.717) is 22.5 Å². The van der Waals surface area contributed by atoms with Gasteiger partial charge >= 0.3 is 11.9 Å². The summed E-state index contributed by atoms with van der Waals surface area (Å²) in [7, 11) is 0. The van der Waals surface area contributed by atoms with Crippen LogP contribution < -0.4 is 10.6 Å². The number of rotatable bonds is 11. The highest BCUT2D eigenvalue weighted by Gasteiger charge is 2.32. The lowest BCUT2D eigenvalue weighted by molar-refractivity contribution is -0.156. The minimum Gasteiger partial charge on any atom is -0.481 e. The van der Waals surface area contributed by atoms with Crippen LogP contribution in [-0.4, -0.2) is 34.0 Å². The third-order valence-corrected chi connectivity index (χ3v) is 7.65. The van der Waals surface area contributed by atoms with Crippen LogP contribution >= 0.6 is 0 Å². The monoisotopic (exact) mass is 681 g/mol. The minimum absolute atomic E-state index is 0.196. The zero-order chi connectivity index (χ0) is 36.0. The molecule has 2 unspecified atom stereocenters. The Morgan fingerprint density at radius 1 is 0.647 bits per heavy atom. The number of ether oxygens (including phenoxy) is 1. The van der Waals surface area contributed by atoms with Crippen molar-refractivity contribution in [3.63, 3.8) is 0 Å². The maximum absolute atomic E-state index is 13.4. The first-order chi connectivity index (χ1) is 24.8. The number of hydrogen-bond acceptors (Lipinski definition) is 7. The van der Waals surface area contributed by atoms with Crippen molar-refractivity contribution in [3.8, 4) is 0 Å². The van der Waals surface area contributed by atoms with Gasteiger partial charge in [-0.3, -0.25) is 14.4 Å². The van der Waals surface area contributed by atoms with Crippen molar-refractivity contribution >= 4 is 29.6 Å². The average Bonchev–Trinajstić information content (AvgIpc) is 3.58. The molecular formula is C41H35N3O7. The molecule has 0 fully saturated rings. The molecule has 2 amide bonds. The number of carboxylic acid groups (broad SMARTS) is 1. The van der Waals surface area contributed by atoms with E-state index in [1.807, 2.05) is 60.7 Å². The fourth-order valence-corrected chi connectivity index (χ4v) is 5.20. The Morgan fingerprint density at radius 3 is 1.55 bits per heavy atom. The number of aryl methyl sites for hydroxylation is 1. The van der Waals surface area contributed by atoms with E-state index in [2.05, 4.69) is 15.8 Å². The number of amides is 2. The second-order valence-corrected chi connectivity index (χ2v) is 11.3. The number of nitrogens with one attached hydrogen (secondary N) is 2. The fourth-order valence-electron chi connectivity index (χ4n) is 5.20. The molecule has 1 heterocycles. The van der Waals surface area contributed by atoms with Crippen molar-refractivity contribution in [2.45, 2.75) is 25.0 Å². The highest BCUT2D eigenvalue weighted by molar-refractivity contribution is 5.98. The van der Waals surface area contributed by atoms with Crippen LogP contribution in [0.25, 0.3) is 0 Å². The minimum atomic E-state index is -1.29. The van der Waals surface area contributed by atoms with Gasteiger partial charge in [0.25, 0.3) is 11.8 Å². The predicted octanol–water partition coefficient (Wildman–Crippen LogP) is 7.28. The zero-order valence-corrected chi connectivity index (χ0v) is 27.6. The molecule has 10 nitrogen and oxygen atoms in total. The Hall–Kier alpha value is -6.81. The smallest absolute Gasteiger partial charge is 0.334 e. The molecule has 0 aliphatic heterocycles. The zero-order valence-electron chi connectivity index (χ0n) is 27.6. The number of nitrogens with zero attached hydrogens (tertiary/aromatic N) is 1. The first-order valence-corrected chi connectivity index (χ1v) is 16.0. The number of carbonyl (C=O) groups is 4. The summed E-state index contributed by atoms with van der Waals surface area (Å²) in [6, 6.07) is 44.8. The average molecular weight is 682 g/mol. The van der Waals surface area contributed by atoms with Crippen LogP contribution in [0, 0.1) is 6.92 Å². The van der Waals surface area contributed by atoms with E-state index < -0.39 is 41.8 Å². The van der Waals surface area contributed by atoms with Gasteiger partial charge in [-0.25, -0.2) is 4.79 Å². The van der Waals surface area contributed by atoms with E-state index in [0.717, 1.165) is 11.1 Å². The van der Waals surface area contributed by atoms with Crippen molar-refractivity contribution < 1.29 is 33.5 Å². The van der Waals surface area contributed by atoms with Gasteiger partial charge in [-0.05, 0) is 35.7 Å². The normalized spacial score (nSPS) is 11.6. The molecule has 0 aliphatic rings. The van der Waals surface area contributed by atoms with Crippen LogP contribution in [0.2, 0.25) is 0 Å². The molecule has 2 atom stereocenters. The molecule has 0 bridgehead atoms. The van der Waals surface area contributed by atoms with E-state index >= 15 is 0 Å². The summed E-state index contributed by atoms with van der Waals surface area (Å²) in [6.45, 7) is 1.69. The second-order valence-electron chi connectivity index (χ2n) is 11.3. The van der Waals surface area contributed by atoms with Crippen molar-refractivity contribution in [1.82, 2.24) is 10.5 Å². The van der Waals surface area contributed by atoms with E-state index in [1.54, 1.807) is 104 Å². The largest absolute Gasteiger partial charge is 0.481 e.